The van der Waals surface area contributed by atoms with E-state index >= 15 is 0 Å². The maximum Gasteiger partial charge on any atom is 0.236 e. The molecule has 1 unspecified atom stereocenters. The molecule has 0 aliphatic heterocycles. The van der Waals surface area contributed by atoms with E-state index in [0.717, 1.165) is 5.56 Å². The van der Waals surface area contributed by atoms with Gasteiger partial charge in [-0.2, -0.15) is 0 Å². The van der Waals surface area contributed by atoms with Crippen LogP contribution >= 0.6 is 11.6 Å². The molecule has 1 atom stereocenters. The first-order valence-electron chi connectivity index (χ1n) is 6.56. The Morgan fingerprint density at radius 2 is 1.77 bits per heavy atom. The quantitative estimate of drug-likeness (QED) is 0.908. The zero-order valence-corrected chi connectivity index (χ0v) is 13.4. The van der Waals surface area contributed by atoms with Crippen molar-refractivity contribution in [2.24, 2.45) is 0 Å². The summed E-state index contributed by atoms with van der Waals surface area (Å²) in [5, 5.41) is 3.10. The summed E-state index contributed by atoms with van der Waals surface area (Å²) in [4.78, 5) is 15.9. The summed E-state index contributed by atoms with van der Waals surface area (Å²) in [6.07, 6.45) is 3.23. The predicted molar refractivity (Wildman–Crippen MR) is 84.3 cm³/mol. The van der Waals surface area contributed by atoms with E-state index in [0.29, 0.717) is 5.02 Å². The monoisotopic (exact) mass is 338 g/mol. The Bertz CT molecular complexity index is 746. The van der Waals surface area contributed by atoms with Gasteiger partial charge in [-0.15, -0.1) is 0 Å². The number of hydrogen-bond donors (Lipinski definition) is 1. The van der Waals surface area contributed by atoms with Crippen molar-refractivity contribution in [2.45, 2.75) is 17.9 Å². The lowest BCUT2D eigenvalue weighted by Gasteiger charge is -2.14. The Kier molecular flexibility index (Phi) is 5.15. The fourth-order valence-electron chi connectivity index (χ4n) is 1.92. The Morgan fingerprint density at radius 1 is 1.18 bits per heavy atom. The summed E-state index contributed by atoms with van der Waals surface area (Å²) in [5.74, 6) is -1.16. The molecule has 0 aliphatic rings. The maximum atomic E-state index is 12.2. The molecule has 0 radical (unpaired) electrons. The van der Waals surface area contributed by atoms with Crippen LogP contribution in [0.5, 0.6) is 0 Å². The number of nitrogens with zero attached hydrogens (tertiary/aromatic N) is 1. The molecule has 1 aromatic heterocycles. The molecule has 0 spiro atoms. The van der Waals surface area contributed by atoms with Gasteiger partial charge in [0.25, 0.3) is 0 Å². The minimum Gasteiger partial charge on any atom is -0.349 e. The number of carbonyl (C=O) groups is 1. The van der Waals surface area contributed by atoms with Crippen molar-refractivity contribution in [3.63, 3.8) is 0 Å². The van der Waals surface area contributed by atoms with Crippen LogP contribution in [0.1, 0.15) is 18.5 Å². The third-order valence-electron chi connectivity index (χ3n) is 3.08. The highest BCUT2D eigenvalue weighted by Crippen LogP contribution is 2.16. The summed E-state index contributed by atoms with van der Waals surface area (Å²) in [7, 11) is -3.69. The number of aromatic nitrogens is 1. The molecule has 116 valence electrons. The molecule has 7 heteroatoms. The highest BCUT2D eigenvalue weighted by Gasteiger charge is 2.20. The lowest BCUT2D eigenvalue weighted by molar-refractivity contribution is -0.119. The topological polar surface area (TPSA) is 76.1 Å². The Hall–Kier alpha value is -1.92. The number of pyridine rings is 1. The smallest absolute Gasteiger partial charge is 0.236 e. The van der Waals surface area contributed by atoms with Gasteiger partial charge in [0.2, 0.25) is 5.91 Å². The molecule has 1 N–H and O–H groups in total. The van der Waals surface area contributed by atoms with Crippen LogP contribution in [0.3, 0.4) is 0 Å². The van der Waals surface area contributed by atoms with Gasteiger partial charge in [0.1, 0.15) is 5.75 Å². The number of hydrogen-bond acceptors (Lipinski definition) is 4. The normalized spacial score (nSPS) is 12.6. The van der Waals surface area contributed by atoms with E-state index in [1.807, 2.05) is 0 Å². The molecule has 0 aliphatic carbocycles. The van der Waals surface area contributed by atoms with Gasteiger partial charge in [0.05, 0.1) is 10.9 Å². The summed E-state index contributed by atoms with van der Waals surface area (Å²) in [6, 6.07) is 8.96. The number of benzene rings is 1. The second-order valence-corrected chi connectivity index (χ2v) is 7.21. The Morgan fingerprint density at radius 3 is 2.36 bits per heavy atom. The fourth-order valence-corrected chi connectivity index (χ4v) is 3.19. The van der Waals surface area contributed by atoms with E-state index in [1.165, 1.54) is 24.3 Å². The summed E-state index contributed by atoms with van der Waals surface area (Å²) in [5.41, 5.74) is 0.854. The molecule has 0 saturated heterocycles. The molecule has 2 rings (SSSR count). The molecule has 1 heterocycles. The highest BCUT2D eigenvalue weighted by atomic mass is 35.5. The number of rotatable bonds is 5. The van der Waals surface area contributed by atoms with Crippen molar-refractivity contribution in [3.8, 4) is 0 Å². The molecule has 0 saturated carbocycles. The summed E-state index contributed by atoms with van der Waals surface area (Å²) >= 11 is 5.72. The van der Waals surface area contributed by atoms with Crippen molar-refractivity contribution in [3.05, 3.63) is 59.4 Å². The van der Waals surface area contributed by atoms with Crippen molar-refractivity contribution >= 4 is 27.3 Å². The maximum absolute atomic E-state index is 12.2. The highest BCUT2D eigenvalue weighted by molar-refractivity contribution is 7.92. The lowest BCUT2D eigenvalue weighted by Crippen LogP contribution is -2.32. The number of amides is 1. The third-order valence-corrected chi connectivity index (χ3v) is 4.96. The van der Waals surface area contributed by atoms with E-state index in [-0.39, 0.29) is 10.9 Å². The molecule has 0 bridgehead atoms. The lowest BCUT2D eigenvalue weighted by atomic mass is 10.1. The number of nitrogens with one attached hydrogen (secondary N) is 1. The van der Waals surface area contributed by atoms with E-state index < -0.39 is 21.5 Å². The largest absolute Gasteiger partial charge is 0.349 e. The van der Waals surface area contributed by atoms with Crippen molar-refractivity contribution in [1.29, 1.82) is 0 Å². The summed E-state index contributed by atoms with van der Waals surface area (Å²) in [6.45, 7) is 1.78. The fraction of sp³-hybridized carbons (Fsp3) is 0.200. The van der Waals surface area contributed by atoms with Gasteiger partial charge in [-0.25, -0.2) is 8.42 Å². The number of sulfone groups is 1. The van der Waals surface area contributed by atoms with Crippen molar-refractivity contribution < 1.29 is 13.2 Å². The Labute approximate surface area is 134 Å². The second-order valence-electron chi connectivity index (χ2n) is 4.78. The van der Waals surface area contributed by atoms with Crippen LogP contribution < -0.4 is 5.32 Å². The van der Waals surface area contributed by atoms with Gasteiger partial charge < -0.3 is 5.32 Å². The molecular weight excluding hydrogens is 324 g/mol. The van der Waals surface area contributed by atoms with Gasteiger partial charge in [-0.05, 0) is 48.9 Å². The van der Waals surface area contributed by atoms with Crippen LogP contribution in [0, 0.1) is 0 Å². The summed E-state index contributed by atoms with van der Waals surface area (Å²) < 4.78 is 24.3. The van der Waals surface area contributed by atoms with E-state index in [1.54, 1.807) is 31.5 Å². The van der Waals surface area contributed by atoms with Crippen LogP contribution in [0.15, 0.2) is 53.7 Å². The van der Waals surface area contributed by atoms with Crippen LogP contribution in [0.25, 0.3) is 0 Å². The van der Waals surface area contributed by atoms with E-state index in [4.69, 9.17) is 11.6 Å². The molecule has 22 heavy (non-hydrogen) atoms. The first-order chi connectivity index (χ1) is 10.4. The van der Waals surface area contributed by atoms with Crippen molar-refractivity contribution in [1.82, 2.24) is 10.3 Å². The molecule has 1 aromatic carbocycles. The van der Waals surface area contributed by atoms with Crippen LogP contribution in [-0.4, -0.2) is 25.1 Å². The number of carbonyl (C=O) groups excluding carboxylic acids is 1. The third kappa shape index (κ3) is 4.29. The second kappa shape index (κ2) is 6.89. The van der Waals surface area contributed by atoms with Gasteiger partial charge in [-0.1, -0.05) is 11.6 Å². The minimum absolute atomic E-state index is 0.0728. The first kappa shape index (κ1) is 16.5. The average molecular weight is 339 g/mol. The SMILES string of the molecule is CC(NC(=O)CS(=O)(=O)c1ccc(Cl)cc1)c1ccncc1. The first-order valence-corrected chi connectivity index (χ1v) is 8.59. The zero-order valence-electron chi connectivity index (χ0n) is 11.9. The molecule has 5 nitrogen and oxygen atoms in total. The van der Waals surface area contributed by atoms with E-state index in [2.05, 4.69) is 10.3 Å². The van der Waals surface area contributed by atoms with Crippen LogP contribution in [-0.2, 0) is 14.6 Å². The van der Waals surface area contributed by atoms with Crippen LogP contribution in [0.2, 0.25) is 5.02 Å². The average Bonchev–Trinajstić information content (AvgIpc) is 2.48. The molecular formula is C15H15ClN2O3S. The van der Waals surface area contributed by atoms with Gasteiger partial charge in [0.15, 0.2) is 9.84 Å². The van der Waals surface area contributed by atoms with Crippen LogP contribution in [0.4, 0.5) is 0 Å². The van der Waals surface area contributed by atoms with Gasteiger partial charge in [-0.3, -0.25) is 9.78 Å². The van der Waals surface area contributed by atoms with E-state index in [9.17, 15) is 13.2 Å². The van der Waals surface area contributed by atoms with Gasteiger partial charge in [0, 0.05) is 17.4 Å². The predicted octanol–water partition coefficient (Wildman–Crippen LogP) is 2.39. The minimum atomic E-state index is -3.69. The standard InChI is InChI=1S/C15H15ClN2O3S/c1-11(12-6-8-17-9-7-12)18-15(19)10-22(20,21)14-4-2-13(16)3-5-14/h2-9,11H,10H2,1H3,(H,18,19). The molecule has 2 aromatic rings. The zero-order chi connectivity index (χ0) is 16.2. The van der Waals surface area contributed by atoms with Crippen molar-refractivity contribution in [2.75, 3.05) is 5.75 Å². The number of halogens is 1. The Balaban J connectivity index is 2.03. The van der Waals surface area contributed by atoms with Gasteiger partial charge >= 0.3 is 0 Å². The molecule has 0 fully saturated rings. The molecule has 1 amide bonds.